The van der Waals surface area contributed by atoms with Gasteiger partial charge < -0.3 is 10.1 Å². The summed E-state index contributed by atoms with van der Waals surface area (Å²) in [6, 6.07) is 12.6. The molecule has 1 aromatic heterocycles. The lowest BCUT2D eigenvalue weighted by Crippen LogP contribution is -2.34. The van der Waals surface area contributed by atoms with Crippen molar-refractivity contribution in [3.05, 3.63) is 48.0 Å². The molecule has 1 N–H and O–H groups in total. The molecular formula is C20H17N3O4S2. The maximum Gasteiger partial charge on any atom is 0.338 e. The Hall–Kier alpha value is -2.91. The van der Waals surface area contributed by atoms with E-state index in [2.05, 4.69) is 10.3 Å². The maximum absolute atomic E-state index is 12.6. The number of hydrogen-bond acceptors (Lipinski definition) is 7. The van der Waals surface area contributed by atoms with E-state index < -0.39 is 5.97 Å². The summed E-state index contributed by atoms with van der Waals surface area (Å²) in [5.41, 5.74) is 1.68. The summed E-state index contributed by atoms with van der Waals surface area (Å²) in [6.07, 6.45) is 0. The monoisotopic (exact) mass is 427 g/mol. The van der Waals surface area contributed by atoms with Gasteiger partial charge in [-0.1, -0.05) is 23.5 Å². The van der Waals surface area contributed by atoms with E-state index >= 15 is 0 Å². The van der Waals surface area contributed by atoms with E-state index in [0.717, 1.165) is 15.1 Å². The predicted molar refractivity (Wildman–Crippen MR) is 114 cm³/mol. The van der Waals surface area contributed by atoms with Crippen molar-refractivity contribution >= 4 is 61.9 Å². The summed E-state index contributed by atoms with van der Waals surface area (Å²) in [7, 11) is 0. The van der Waals surface area contributed by atoms with Crippen molar-refractivity contribution in [3.8, 4) is 0 Å². The zero-order chi connectivity index (χ0) is 20.4. The lowest BCUT2D eigenvalue weighted by molar-refractivity contribution is -0.121. The Bertz CT molecular complexity index is 1080. The number of aromatic nitrogens is 1. The molecule has 0 saturated heterocycles. The highest BCUT2D eigenvalue weighted by atomic mass is 32.2. The number of hydrogen-bond donors (Lipinski definition) is 1. The van der Waals surface area contributed by atoms with E-state index in [4.69, 9.17) is 4.74 Å². The number of nitrogens with one attached hydrogen (secondary N) is 1. The number of likely N-dealkylation sites (N-methyl/N-ethyl adjacent to an activating group) is 1. The summed E-state index contributed by atoms with van der Waals surface area (Å²) >= 11 is 2.83. The maximum atomic E-state index is 12.6. The van der Waals surface area contributed by atoms with E-state index in [1.807, 2.05) is 31.2 Å². The molecule has 1 aliphatic heterocycles. The largest absolute Gasteiger partial charge is 0.452 e. The van der Waals surface area contributed by atoms with Gasteiger partial charge in [-0.25, -0.2) is 9.78 Å². The number of amides is 2. The highest BCUT2D eigenvalue weighted by Crippen LogP contribution is 2.32. The number of carbonyl (C=O) groups is 3. The number of carbonyl (C=O) groups excluding carboxylic acids is 3. The third-order valence-electron chi connectivity index (χ3n) is 4.31. The van der Waals surface area contributed by atoms with Crippen LogP contribution in [-0.4, -0.2) is 41.7 Å². The molecule has 0 saturated carbocycles. The number of anilines is 2. The molecule has 9 heteroatoms. The molecule has 3 aromatic rings. The first-order chi connectivity index (χ1) is 14.0. The molecule has 0 bridgehead atoms. The summed E-state index contributed by atoms with van der Waals surface area (Å²) in [5.74, 6) is -0.727. The van der Waals surface area contributed by atoms with Gasteiger partial charge in [0.15, 0.2) is 11.7 Å². The molecule has 0 aliphatic carbocycles. The van der Waals surface area contributed by atoms with Crippen LogP contribution in [-0.2, 0) is 14.3 Å². The van der Waals surface area contributed by atoms with E-state index in [0.29, 0.717) is 23.1 Å². The van der Waals surface area contributed by atoms with Gasteiger partial charge in [0, 0.05) is 11.4 Å². The van der Waals surface area contributed by atoms with Gasteiger partial charge in [0.05, 0.1) is 27.2 Å². The number of benzene rings is 2. The first-order valence-corrected chi connectivity index (χ1v) is 10.7. The van der Waals surface area contributed by atoms with Crippen molar-refractivity contribution in [3.63, 3.8) is 0 Å². The summed E-state index contributed by atoms with van der Waals surface area (Å²) < 4.78 is 6.20. The SMILES string of the molecule is CCN(C(=O)COC(=O)c1ccc2c(c1)NC(=O)CS2)c1nc2ccccc2s1. The standard InChI is InChI=1S/C20H17N3O4S2/c1-2-23(20-22-13-5-3-4-6-16(13)29-20)18(25)10-27-19(26)12-7-8-15-14(9-12)21-17(24)11-28-15/h3-9H,2,10-11H2,1H3,(H,21,24). The van der Waals surface area contributed by atoms with Gasteiger partial charge >= 0.3 is 5.97 Å². The number of ether oxygens (including phenoxy) is 1. The van der Waals surface area contributed by atoms with Crippen molar-refractivity contribution in [1.29, 1.82) is 0 Å². The van der Waals surface area contributed by atoms with Crippen LogP contribution >= 0.6 is 23.1 Å². The van der Waals surface area contributed by atoms with E-state index in [-0.39, 0.29) is 24.0 Å². The summed E-state index contributed by atoms with van der Waals surface area (Å²) in [5, 5.41) is 3.30. The highest BCUT2D eigenvalue weighted by Gasteiger charge is 2.21. The van der Waals surface area contributed by atoms with Crippen molar-refractivity contribution in [2.24, 2.45) is 0 Å². The lowest BCUT2D eigenvalue weighted by atomic mass is 10.2. The number of fused-ring (bicyclic) bond motifs is 2. The Morgan fingerprint density at radius 2 is 2.07 bits per heavy atom. The fraction of sp³-hybridized carbons (Fsp3) is 0.200. The van der Waals surface area contributed by atoms with Gasteiger partial charge in [0.1, 0.15) is 0 Å². The van der Waals surface area contributed by atoms with E-state index in [1.165, 1.54) is 28.0 Å². The molecule has 29 heavy (non-hydrogen) atoms. The number of esters is 1. The minimum absolute atomic E-state index is 0.113. The molecule has 0 atom stereocenters. The highest BCUT2D eigenvalue weighted by molar-refractivity contribution is 8.00. The zero-order valence-electron chi connectivity index (χ0n) is 15.5. The van der Waals surface area contributed by atoms with Crippen LogP contribution in [0.5, 0.6) is 0 Å². The van der Waals surface area contributed by atoms with Gasteiger partial charge in [-0.15, -0.1) is 11.8 Å². The second-order valence-corrected chi connectivity index (χ2v) is 8.25. The Kier molecular flexibility index (Phi) is 5.50. The molecule has 1 aliphatic rings. The fourth-order valence-corrected chi connectivity index (χ4v) is 4.73. The Morgan fingerprint density at radius 1 is 1.24 bits per heavy atom. The van der Waals surface area contributed by atoms with Gasteiger partial charge in [0.2, 0.25) is 5.91 Å². The molecule has 4 rings (SSSR count). The molecule has 0 fully saturated rings. The molecule has 0 unspecified atom stereocenters. The van der Waals surface area contributed by atoms with Gasteiger partial charge in [-0.3, -0.25) is 14.5 Å². The zero-order valence-corrected chi connectivity index (χ0v) is 17.1. The third-order valence-corrected chi connectivity index (χ3v) is 6.44. The number of thioether (sulfide) groups is 1. The Balaban J connectivity index is 1.43. The van der Waals surface area contributed by atoms with Crippen LogP contribution in [0.1, 0.15) is 17.3 Å². The van der Waals surface area contributed by atoms with Crippen molar-refractivity contribution in [2.45, 2.75) is 11.8 Å². The van der Waals surface area contributed by atoms with E-state index in [1.54, 1.807) is 18.2 Å². The molecule has 0 spiro atoms. The van der Waals surface area contributed by atoms with Crippen LogP contribution in [0.25, 0.3) is 10.2 Å². The van der Waals surface area contributed by atoms with Crippen LogP contribution < -0.4 is 10.2 Å². The lowest BCUT2D eigenvalue weighted by Gasteiger charge is -2.18. The van der Waals surface area contributed by atoms with Gasteiger partial charge in [-0.2, -0.15) is 0 Å². The minimum atomic E-state index is -0.619. The smallest absolute Gasteiger partial charge is 0.338 e. The van der Waals surface area contributed by atoms with Crippen LogP contribution in [0.4, 0.5) is 10.8 Å². The second-order valence-electron chi connectivity index (χ2n) is 6.23. The first-order valence-electron chi connectivity index (χ1n) is 8.95. The summed E-state index contributed by atoms with van der Waals surface area (Å²) in [4.78, 5) is 43.4. The number of nitrogens with zero attached hydrogens (tertiary/aromatic N) is 2. The van der Waals surface area contributed by atoms with E-state index in [9.17, 15) is 14.4 Å². The average molecular weight is 428 g/mol. The van der Waals surface area contributed by atoms with Gasteiger partial charge in [0.25, 0.3) is 5.91 Å². The second kappa shape index (κ2) is 8.22. The topological polar surface area (TPSA) is 88.6 Å². The first kappa shape index (κ1) is 19.4. The third kappa shape index (κ3) is 4.10. The van der Waals surface area contributed by atoms with Crippen molar-refractivity contribution in [2.75, 3.05) is 29.1 Å². The van der Waals surface area contributed by atoms with Gasteiger partial charge in [-0.05, 0) is 37.3 Å². The van der Waals surface area contributed by atoms with Crippen LogP contribution in [0, 0.1) is 0 Å². The molecule has 2 amide bonds. The molecule has 7 nitrogen and oxygen atoms in total. The predicted octanol–water partition coefficient (Wildman–Crippen LogP) is 3.55. The fourth-order valence-electron chi connectivity index (χ4n) is 2.89. The number of para-hydroxylation sites is 1. The number of thiazole rings is 1. The van der Waals surface area contributed by atoms with Crippen LogP contribution in [0.3, 0.4) is 0 Å². The van der Waals surface area contributed by atoms with Crippen LogP contribution in [0.2, 0.25) is 0 Å². The van der Waals surface area contributed by atoms with Crippen LogP contribution in [0.15, 0.2) is 47.4 Å². The number of rotatable bonds is 5. The molecular weight excluding hydrogens is 410 g/mol. The quantitative estimate of drug-likeness (QED) is 0.627. The average Bonchev–Trinajstić information content (AvgIpc) is 3.15. The molecule has 2 aromatic carbocycles. The minimum Gasteiger partial charge on any atom is -0.452 e. The van der Waals surface area contributed by atoms with Crippen molar-refractivity contribution in [1.82, 2.24) is 4.98 Å². The Labute approximate surface area is 175 Å². The Morgan fingerprint density at radius 3 is 2.86 bits per heavy atom. The summed E-state index contributed by atoms with van der Waals surface area (Å²) in [6.45, 7) is 1.87. The molecule has 148 valence electrons. The molecule has 0 radical (unpaired) electrons. The molecule has 2 heterocycles. The normalized spacial score (nSPS) is 12.9. The van der Waals surface area contributed by atoms with Crippen molar-refractivity contribution < 1.29 is 19.1 Å².